The molecule has 1 amide bonds. The number of aryl methyl sites for hydroxylation is 1. The summed E-state index contributed by atoms with van der Waals surface area (Å²) in [5.41, 5.74) is 1.97. The normalized spacial score (nSPS) is 11.6. The number of amides is 1. The maximum atomic E-state index is 12.4. The van der Waals surface area contributed by atoms with Gasteiger partial charge < -0.3 is 10.1 Å². The Labute approximate surface area is 158 Å². The lowest BCUT2D eigenvalue weighted by Gasteiger charge is -2.13. The first-order chi connectivity index (χ1) is 12.6. The van der Waals surface area contributed by atoms with E-state index < -0.39 is 0 Å². The first-order valence-corrected chi connectivity index (χ1v) is 9.35. The van der Waals surface area contributed by atoms with Crippen molar-refractivity contribution in [2.45, 2.75) is 24.0 Å². The average Bonchev–Trinajstić information content (AvgIpc) is 2.66. The minimum absolute atomic E-state index is 0.0210. The van der Waals surface area contributed by atoms with E-state index in [0.717, 1.165) is 22.1 Å². The zero-order valence-corrected chi connectivity index (χ0v) is 15.6. The highest BCUT2D eigenvalue weighted by molar-refractivity contribution is 8.00. The van der Waals surface area contributed by atoms with Gasteiger partial charge in [0.25, 0.3) is 0 Å². The molecule has 0 radical (unpaired) electrons. The number of nitrogens with one attached hydrogen (secondary N) is 1. The minimum Gasteiger partial charge on any atom is -0.457 e. The molecule has 4 heteroatoms. The van der Waals surface area contributed by atoms with E-state index in [1.807, 2.05) is 73.7 Å². The smallest absolute Gasteiger partial charge is 0.237 e. The van der Waals surface area contributed by atoms with Crippen molar-refractivity contribution in [2.24, 2.45) is 0 Å². The van der Waals surface area contributed by atoms with Crippen LogP contribution in [0.25, 0.3) is 0 Å². The van der Waals surface area contributed by atoms with Gasteiger partial charge in [-0.25, -0.2) is 0 Å². The molecule has 0 fully saturated rings. The molecule has 3 aromatic rings. The Morgan fingerprint density at radius 2 is 1.50 bits per heavy atom. The number of benzene rings is 3. The predicted molar refractivity (Wildman–Crippen MR) is 108 cm³/mol. The first kappa shape index (κ1) is 18.1. The highest BCUT2D eigenvalue weighted by Gasteiger charge is 2.14. The number of ether oxygens (including phenoxy) is 1. The molecule has 0 saturated heterocycles. The molecule has 0 aliphatic rings. The van der Waals surface area contributed by atoms with Gasteiger partial charge in [-0.2, -0.15) is 0 Å². The van der Waals surface area contributed by atoms with Gasteiger partial charge in [0.05, 0.1) is 5.25 Å². The van der Waals surface area contributed by atoms with Crippen LogP contribution in [0.2, 0.25) is 0 Å². The van der Waals surface area contributed by atoms with E-state index in [4.69, 9.17) is 4.74 Å². The fourth-order valence-corrected chi connectivity index (χ4v) is 3.22. The molecule has 0 aliphatic heterocycles. The fraction of sp³-hybridized carbons (Fsp3) is 0.136. The van der Waals surface area contributed by atoms with Gasteiger partial charge in [-0.15, -0.1) is 11.8 Å². The van der Waals surface area contributed by atoms with Crippen LogP contribution in [-0.4, -0.2) is 11.2 Å². The molecule has 0 saturated carbocycles. The fourth-order valence-electron chi connectivity index (χ4n) is 2.35. The molecule has 26 heavy (non-hydrogen) atoms. The summed E-state index contributed by atoms with van der Waals surface area (Å²) in [5, 5.41) is 2.77. The van der Waals surface area contributed by atoms with Crippen LogP contribution in [0, 0.1) is 6.92 Å². The van der Waals surface area contributed by atoms with Crippen LogP contribution in [0.5, 0.6) is 11.5 Å². The van der Waals surface area contributed by atoms with Gasteiger partial charge in [0.1, 0.15) is 11.5 Å². The lowest BCUT2D eigenvalue weighted by Crippen LogP contribution is -2.22. The summed E-state index contributed by atoms with van der Waals surface area (Å²) in [6.07, 6.45) is 0. The zero-order chi connectivity index (χ0) is 18.4. The van der Waals surface area contributed by atoms with E-state index >= 15 is 0 Å². The van der Waals surface area contributed by atoms with Crippen molar-refractivity contribution in [1.29, 1.82) is 0 Å². The maximum absolute atomic E-state index is 12.4. The van der Waals surface area contributed by atoms with Crippen molar-refractivity contribution >= 4 is 23.4 Å². The number of carbonyl (C=O) groups excluding carboxylic acids is 1. The van der Waals surface area contributed by atoms with E-state index in [-0.39, 0.29) is 11.2 Å². The molecule has 1 N–H and O–H groups in total. The van der Waals surface area contributed by atoms with Gasteiger partial charge in [0.15, 0.2) is 0 Å². The van der Waals surface area contributed by atoms with E-state index in [2.05, 4.69) is 24.4 Å². The monoisotopic (exact) mass is 363 g/mol. The third-order valence-corrected chi connectivity index (χ3v) is 4.92. The molecule has 0 spiro atoms. The maximum Gasteiger partial charge on any atom is 0.237 e. The SMILES string of the molecule is Cc1ccc(S[C@H](C)C(=O)Nc2ccc(Oc3ccccc3)cc2)cc1. The lowest BCUT2D eigenvalue weighted by atomic mass is 10.2. The molecule has 0 bridgehead atoms. The lowest BCUT2D eigenvalue weighted by molar-refractivity contribution is -0.115. The Kier molecular flexibility index (Phi) is 5.97. The van der Waals surface area contributed by atoms with Crippen LogP contribution in [0.1, 0.15) is 12.5 Å². The van der Waals surface area contributed by atoms with Crippen molar-refractivity contribution in [3.8, 4) is 11.5 Å². The number of thioether (sulfide) groups is 1. The molecule has 3 aromatic carbocycles. The summed E-state index contributed by atoms with van der Waals surface area (Å²) in [6.45, 7) is 3.96. The van der Waals surface area contributed by atoms with Crippen LogP contribution in [0.4, 0.5) is 5.69 Å². The number of anilines is 1. The number of hydrogen-bond donors (Lipinski definition) is 1. The van der Waals surface area contributed by atoms with Crippen LogP contribution in [-0.2, 0) is 4.79 Å². The number of carbonyl (C=O) groups is 1. The first-order valence-electron chi connectivity index (χ1n) is 8.47. The molecular weight excluding hydrogens is 342 g/mol. The summed E-state index contributed by atoms with van der Waals surface area (Å²) in [7, 11) is 0. The Bertz CT molecular complexity index is 846. The summed E-state index contributed by atoms with van der Waals surface area (Å²) in [5.74, 6) is 1.50. The Morgan fingerprint density at radius 3 is 2.15 bits per heavy atom. The third-order valence-electron chi connectivity index (χ3n) is 3.80. The molecule has 1 atom stereocenters. The van der Waals surface area contributed by atoms with Gasteiger partial charge in [0.2, 0.25) is 5.91 Å². The van der Waals surface area contributed by atoms with Crippen molar-refractivity contribution in [2.75, 3.05) is 5.32 Å². The van der Waals surface area contributed by atoms with Crippen LogP contribution < -0.4 is 10.1 Å². The van der Waals surface area contributed by atoms with Gasteiger partial charge in [-0.3, -0.25) is 4.79 Å². The Hall–Kier alpha value is -2.72. The molecule has 0 heterocycles. The highest BCUT2D eigenvalue weighted by Crippen LogP contribution is 2.26. The molecule has 0 unspecified atom stereocenters. The van der Waals surface area contributed by atoms with E-state index in [0.29, 0.717) is 0 Å². The van der Waals surface area contributed by atoms with Gasteiger partial charge in [-0.05, 0) is 62.4 Å². The second-order valence-electron chi connectivity index (χ2n) is 6.00. The van der Waals surface area contributed by atoms with Crippen LogP contribution in [0.15, 0.2) is 83.8 Å². The largest absolute Gasteiger partial charge is 0.457 e. The van der Waals surface area contributed by atoms with E-state index in [1.54, 1.807) is 11.8 Å². The van der Waals surface area contributed by atoms with Crippen molar-refractivity contribution in [1.82, 2.24) is 0 Å². The summed E-state index contributed by atoms with van der Waals surface area (Å²) < 4.78 is 5.76. The van der Waals surface area contributed by atoms with Gasteiger partial charge >= 0.3 is 0 Å². The summed E-state index contributed by atoms with van der Waals surface area (Å²) in [6, 6.07) is 25.2. The summed E-state index contributed by atoms with van der Waals surface area (Å²) in [4.78, 5) is 13.5. The van der Waals surface area contributed by atoms with Crippen molar-refractivity contribution in [3.63, 3.8) is 0 Å². The second kappa shape index (κ2) is 8.59. The summed E-state index contributed by atoms with van der Waals surface area (Å²) >= 11 is 1.55. The molecule has 0 aliphatic carbocycles. The molecule has 3 nitrogen and oxygen atoms in total. The number of para-hydroxylation sites is 1. The van der Waals surface area contributed by atoms with Crippen molar-refractivity contribution in [3.05, 3.63) is 84.4 Å². The van der Waals surface area contributed by atoms with Gasteiger partial charge in [-0.1, -0.05) is 35.9 Å². The predicted octanol–water partition coefficient (Wildman–Crippen LogP) is 5.91. The zero-order valence-electron chi connectivity index (χ0n) is 14.8. The molecule has 0 aromatic heterocycles. The van der Waals surface area contributed by atoms with Crippen molar-refractivity contribution < 1.29 is 9.53 Å². The van der Waals surface area contributed by atoms with Crippen LogP contribution in [0.3, 0.4) is 0 Å². The van der Waals surface area contributed by atoms with E-state index in [9.17, 15) is 4.79 Å². The Balaban J connectivity index is 1.56. The molecule has 132 valence electrons. The topological polar surface area (TPSA) is 38.3 Å². The highest BCUT2D eigenvalue weighted by atomic mass is 32.2. The minimum atomic E-state index is -0.182. The second-order valence-corrected chi connectivity index (χ2v) is 7.42. The molecular formula is C22H21NO2S. The van der Waals surface area contributed by atoms with E-state index in [1.165, 1.54) is 5.56 Å². The number of rotatable bonds is 6. The third kappa shape index (κ3) is 5.14. The standard InChI is InChI=1S/C22H21NO2S/c1-16-8-14-21(15-9-16)26-17(2)22(24)23-18-10-12-20(13-11-18)25-19-6-4-3-5-7-19/h3-15,17H,1-2H3,(H,23,24)/t17-/m1/s1. The average molecular weight is 363 g/mol. The quantitative estimate of drug-likeness (QED) is 0.554. The van der Waals surface area contributed by atoms with Crippen LogP contribution >= 0.6 is 11.8 Å². The number of hydrogen-bond acceptors (Lipinski definition) is 3. The Morgan fingerprint density at radius 1 is 0.885 bits per heavy atom. The molecule has 3 rings (SSSR count). The van der Waals surface area contributed by atoms with Gasteiger partial charge in [0, 0.05) is 10.6 Å².